The van der Waals surface area contributed by atoms with E-state index in [0.29, 0.717) is 5.58 Å². The van der Waals surface area contributed by atoms with E-state index in [1.165, 1.54) is 18.2 Å². The molecule has 26 heavy (non-hydrogen) atoms. The number of hydrogen-bond donors (Lipinski definition) is 1. The van der Waals surface area contributed by atoms with Gasteiger partial charge >= 0.3 is 0 Å². The number of fused-ring (bicyclic) bond motifs is 3. The van der Waals surface area contributed by atoms with Crippen LogP contribution >= 0.6 is 11.6 Å². The molecule has 7 heteroatoms. The zero-order chi connectivity index (χ0) is 18.3. The van der Waals surface area contributed by atoms with Gasteiger partial charge in [-0.2, -0.15) is 0 Å². The van der Waals surface area contributed by atoms with Gasteiger partial charge in [-0.3, -0.25) is 14.9 Å². The first kappa shape index (κ1) is 16.1. The highest BCUT2D eigenvalue weighted by molar-refractivity contribution is 6.34. The lowest BCUT2D eigenvalue weighted by molar-refractivity contribution is -0.384. The summed E-state index contributed by atoms with van der Waals surface area (Å²) in [5, 5.41) is 16.5. The highest BCUT2D eigenvalue weighted by Crippen LogP contribution is 2.30. The third-order valence-corrected chi connectivity index (χ3v) is 4.39. The van der Waals surface area contributed by atoms with E-state index in [4.69, 9.17) is 16.0 Å². The molecule has 1 amide bonds. The average molecular weight is 367 g/mol. The molecule has 0 fully saturated rings. The van der Waals surface area contributed by atoms with E-state index in [1.54, 1.807) is 12.1 Å². The van der Waals surface area contributed by atoms with Gasteiger partial charge in [0.05, 0.1) is 15.6 Å². The van der Waals surface area contributed by atoms with Crippen molar-refractivity contribution in [3.05, 3.63) is 81.6 Å². The molecule has 0 spiro atoms. The lowest BCUT2D eigenvalue weighted by Gasteiger charge is -2.05. The van der Waals surface area contributed by atoms with Gasteiger partial charge in [0.25, 0.3) is 11.6 Å². The Kier molecular flexibility index (Phi) is 3.82. The van der Waals surface area contributed by atoms with Crippen molar-refractivity contribution in [3.8, 4) is 0 Å². The fraction of sp³-hybridized carbons (Fsp3) is 0. The van der Waals surface area contributed by atoms with Crippen molar-refractivity contribution < 1.29 is 14.1 Å². The monoisotopic (exact) mass is 366 g/mol. The summed E-state index contributed by atoms with van der Waals surface area (Å²) in [4.78, 5) is 22.9. The van der Waals surface area contributed by atoms with Crippen molar-refractivity contribution >= 4 is 50.6 Å². The summed E-state index contributed by atoms with van der Waals surface area (Å²) >= 11 is 6.02. The van der Waals surface area contributed by atoms with Crippen LogP contribution in [0, 0.1) is 10.1 Å². The molecule has 128 valence electrons. The number of carbonyl (C=O) groups excluding carboxylic acids is 1. The van der Waals surface area contributed by atoms with Crippen molar-refractivity contribution in [2.24, 2.45) is 0 Å². The Morgan fingerprint density at radius 1 is 1.04 bits per heavy atom. The predicted molar refractivity (Wildman–Crippen MR) is 99.8 cm³/mol. The Balaban J connectivity index is 1.72. The summed E-state index contributed by atoms with van der Waals surface area (Å²) in [5.74, 6) is -0.438. The second-order valence-corrected chi connectivity index (χ2v) is 6.09. The third-order valence-electron chi connectivity index (χ3n) is 4.06. The number of halogens is 1. The van der Waals surface area contributed by atoms with Crippen LogP contribution in [-0.2, 0) is 0 Å². The normalized spacial score (nSPS) is 11.0. The van der Waals surface area contributed by atoms with Crippen LogP contribution in [0.25, 0.3) is 21.7 Å². The zero-order valence-corrected chi connectivity index (χ0v) is 14.0. The topological polar surface area (TPSA) is 85.4 Å². The minimum atomic E-state index is -0.556. The van der Waals surface area contributed by atoms with Gasteiger partial charge in [-0.05, 0) is 29.0 Å². The number of nitrogens with zero attached hydrogens (tertiary/aromatic N) is 1. The molecule has 4 rings (SSSR count). The lowest BCUT2D eigenvalue weighted by atomic mass is 10.1. The molecule has 0 bridgehead atoms. The molecule has 6 nitrogen and oxygen atoms in total. The highest BCUT2D eigenvalue weighted by Gasteiger charge is 2.17. The number of nitro groups is 1. The SMILES string of the molecule is O=C(Nc1cc([N+](=O)[O-])ccc1Cl)c1cc2c(ccc3ccccc32)o1. The molecule has 0 aliphatic carbocycles. The zero-order valence-electron chi connectivity index (χ0n) is 13.2. The van der Waals surface area contributed by atoms with Gasteiger partial charge in [-0.25, -0.2) is 0 Å². The van der Waals surface area contributed by atoms with Crippen molar-refractivity contribution in [2.75, 3.05) is 5.32 Å². The Bertz CT molecular complexity index is 1180. The molecule has 1 heterocycles. The maximum atomic E-state index is 12.5. The van der Waals surface area contributed by atoms with Crippen LogP contribution in [0.2, 0.25) is 5.02 Å². The van der Waals surface area contributed by atoms with Crippen LogP contribution in [-0.4, -0.2) is 10.8 Å². The number of benzene rings is 3. The van der Waals surface area contributed by atoms with Gasteiger partial charge in [0.1, 0.15) is 5.58 Å². The number of carbonyl (C=O) groups is 1. The van der Waals surface area contributed by atoms with Crippen LogP contribution in [0.4, 0.5) is 11.4 Å². The summed E-state index contributed by atoms with van der Waals surface area (Å²) < 4.78 is 5.64. The Morgan fingerprint density at radius 3 is 2.65 bits per heavy atom. The second kappa shape index (κ2) is 6.16. The molecular weight excluding hydrogens is 356 g/mol. The van der Waals surface area contributed by atoms with Gasteiger partial charge < -0.3 is 9.73 Å². The smallest absolute Gasteiger partial charge is 0.291 e. The summed E-state index contributed by atoms with van der Waals surface area (Å²) in [5.41, 5.74) is 0.565. The summed E-state index contributed by atoms with van der Waals surface area (Å²) in [6, 6.07) is 17.0. The Morgan fingerprint density at radius 2 is 1.85 bits per heavy atom. The van der Waals surface area contributed by atoms with Crippen LogP contribution in [0.3, 0.4) is 0 Å². The number of hydrogen-bond acceptors (Lipinski definition) is 4. The number of furan rings is 1. The van der Waals surface area contributed by atoms with Gasteiger partial charge in [-0.15, -0.1) is 0 Å². The van der Waals surface area contributed by atoms with Crippen LogP contribution in [0.1, 0.15) is 10.6 Å². The lowest BCUT2D eigenvalue weighted by Crippen LogP contribution is -2.11. The first-order valence-corrected chi connectivity index (χ1v) is 8.07. The standard InChI is InChI=1S/C19H11ClN2O4/c20-15-7-6-12(22(24)25)9-16(15)21-19(23)18-10-14-13-4-2-1-3-11(13)5-8-17(14)26-18/h1-10H,(H,21,23). The molecule has 4 aromatic rings. The van der Waals surface area contributed by atoms with Crippen LogP contribution in [0.15, 0.2) is 65.1 Å². The number of non-ortho nitro benzene ring substituents is 1. The number of rotatable bonds is 3. The average Bonchev–Trinajstić information content (AvgIpc) is 3.08. The maximum Gasteiger partial charge on any atom is 0.291 e. The second-order valence-electron chi connectivity index (χ2n) is 5.68. The van der Waals surface area contributed by atoms with E-state index in [1.807, 2.05) is 30.3 Å². The van der Waals surface area contributed by atoms with Gasteiger partial charge in [-0.1, -0.05) is 41.9 Å². The van der Waals surface area contributed by atoms with E-state index in [0.717, 1.165) is 16.2 Å². The van der Waals surface area contributed by atoms with Crippen LogP contribution < -0.4 is 5.32 Å². The van der Waals surface area contributed by atoms with Gasteiger partial charge in [0.2, 0.25) is 0 Å². The molecule has 3 aromatic carbocycles. The van der Waals surface area contributed by atoms with Gasteiger partial charge in [0, 0.05) is 17.5 Å². The Labute approximate surface area is 152 Å². The fourth-order valence-electron chi connectivity index (χ4n) is 2.81. The predicted octanol–water partition coefficient (Wildman–Crippen LogP) is 5.40. The molecule has 1 N–H and O–H groups in total. The largest absolute Gasteiger partial charge is 0.451 e. The Hall–Kier alpha value is -3.38. The summed E-state index contributed by atoms with van der Waals surface area (Å²) in [6.07, 6.45) is 0. The molecule has 0 atom stereocenters. The van der Waals surface area contributed by atoms with E-state index in [-0.39, 0.29) is 22.2 Å². The van der Waals surface area contributed by atoms with E-state index in [9.17, 15) is 14.9 Å². The molecule has 0 saturated heterocycles. The fourth-order valence-corrected chi connectivity index (χ4v) is 2.98. The van der Waals surface area contributed by atoms with E-state index >= 15 is 0 Å². The molecular formula is C19H11ClN2O4. The first-order chi connectivity index (χ1) is 12.5. The van der Waals surface area contributed by atoms with Crippen molar-refractivity contribution in [1.82, 2.24) is 0 Å². The van der Waals surface area contributed by atoms with Crippen molar-refractivity contribution in [1.29, 1.82) is 0 Å². The maximum absolute atomic E-state index is 12.5. The third kappa shape index (κ3) is 2.76. The first-order valence-electron chi connectivity index (χ1n) is 7.69. The number of anilines is 1. The minimum Gasteiger partial charge on any atom is -0.451 e. The molecule has 0 radical (unpaired) electrons. The van der Waals surface area contributed by atoms with E-state index in [2.05, 4.69) is 5.32 Å². The number of nitrogens with one attached hydrogen (secondary N) is 1. The molecule has 0 aliphatic heterocycles. The van der Waals surface area contributed by atoms with Gasteiger partial charge in [0.15, 0.2) is 5.76 Å². The van der Waals surface area contributed by atoms with Crippen molar-refractivity contribution in [2.45, 2.75) is 0 Å². The quantitative estimate of drug-likeness (QED) is 0.388. The van der Waals surface area contributed by atoms with Crippen LogP contribution in [0.5, 0.6) is 0 Å². The molecule has 1 aromatic heterocycles. The summed E-state index contributed by atoms with van der Waals surface area (Å²) in [7, 11) is 0. The number of amides is 1. The highest BCUT2D eigenvalue weighted by atomic mass is 35.5. The van der Waals surface area contributed by atoms with E-state index < -0.39 is 10.8 Å². The number of nitro benzene ring substituents is 1. The summed E-state index contributed by atoms with van der Waals surface area (Å²) in [6.45, 7) is 0. The minimum absolute atomic E-state index is 0.0962. The molecule has 0 aliphatic rings. The molecule has 0 saturated carbocycles. The molecule has 0 unspecified atom stereocenters. The van der Waals surface area contributed by atoms with Crippen molar-refractivity contribution in [3.63, 3.8) is 0 Å².